The van der Waals surface area contributed by atoms with Crippen LogP contribution in [-0.4, -0.2) is 107 Å². The molecule has 4 amide bonds. The molecule has 16 heteroatoms. The summed E-state index contributed by atoms with van der Waals surface area (Å²) in [5.74, 6) is 2.56. The first-order chi connectivity index (χ1) is 15.5. The van der Waals surface area contributed by atoms with Crippen LogP contribution in [0, 0.1) is 5.92 Å². The second-order valence-corrected chi connectivity index (χ2v) is 7.63. The Balaban J connectivity index is 2.24. The Morgan fingerprint density at radius 2 is 1.70 bits per heavy atom. The Morgan fingerprint density at radius 1 is 1.03 bits per heavy atom. The van der Waals surface area contributed by atoms with Crippen molar-refractivity contribution in [2.75, 3.05) is 13.7 Å². The molecule has 33 heavy (non-hydrogen) atoms. The third-order valence-electron chi connectivity index (χ3n) is 5.36. The van der Waals surface area contributed by atoms with E-state index in [0.29, 0.717) is 0 Å². The lowest BCUT2D eigenvalue weighted by Crippen LogP contribution is -2.68. The molecule has 0 saturated carbocycles. The average molecular weight is 481 g/mol. The molecule has 10 atom stereocenters. The number of rotatable bonds is 6. The first kappa shape index (κ1) is 27.1. The number of methoxy groups -OCH3 is 1. The Morgan fingerprint density at radius 3 is 2.24 bits per heavy atom. The van der Waals surface area contributed by atoms with Crippen molar-refractivity contribution in [2.24, 2.45) is 11.8 Å². The summed E-state index contributed by atoms with van der Waals surface area (Å²) in [7, 11) is 1.27. The maximum absolute atomic E-state index is 12.4. The van der Waals surface area contributed by atoms with E-state index in [1.54, 1.807) is 5.43 Å². The minimum atomic E-state index is -1.67. The number of hydrogen-bond acceptors (Lipinski definition) is 12. The zero-order valence-corrected chi connectivity index (χ0v) is 18.2. The van der Waals surface area contributed by atoms with E-state index in [9.17, 15) is 34.8 Å². The van der Waals surface area contributed by atoms with Crippen molar-refractivity contribution in [2.45, 2.75) is 69.1 Å². The Kier molecular flexibility index (Phi) is 9.70. The first-order valence-corrected chi connectivity index (χ1v) is 10.0. The van der Waals surface area contributed by atoms with Gasteiger partial charge in [0.15, 0.2) is 12.6 Å². The zero-order chi connectivity index (χ0) is 24.9. The molecule has 0 spiro atoms. The summed E-state index contributed by atoms with van der Waals surface area (Å²) >= 11 is 0. The van der Waals surface area contributed by atoms with Gasteiger partial charge in [-0.2, -0.15) is 0 Å². The molecule has 2 saturated heterocycles. The molecule has 0 aromatic heterocycles. The van der Waals surface area contributed by atoms with Crippen molar-refractivity contribution in [3.8, 4) is 0 Å². The summed E-state index contributed by atoms with van der Waals surface area (Å²) in [5, 5.41) is 43.6. The fourth-order valence-corrected chi connectivity index (χ4v) is 3.61. The molecule has 0 aromatic carbocycles. The highest BCUT2D eigenvalue weighted by Gasteiger charge is 2.52. The quantitative estimate of drug-likeness (QED) is 0.0982. The number of urea groups is 1. The zero-order valence-electron chi connectivity index (χ0n) is 18.2. The second-order valence-electron chi connectivity index (χ2n) is 7.63. The number of amides is 4. The van der Waals surface area contributed by atoms with Crippen LogP contribution >= 0.6 is 0 Å². The van der Waals surface area contributed by atoms with Gasteiger partial charge in [-0.1, -0.05) is 6.92 Å². The normalized spacial score (nSPS) is 38.8. The topological polar surface area (TPSA) is 243 Å². The minimum Gasteiger partial charge on any atom is -0.394 e. The number of carbonyl (C=O) groups excluding carboxylic acids is 3. The van der Waals surface area contributed by atoms with Crippen LogP contribution in [0.15, 0.2) is 0 Å². The van der Waals surface area contributed by atoms with Crippen molar-refractivity contribution in [3.63, 3.8) is 0 Å². The number of hydrazine groups is 2. The predicted octanol–water partition coefficient (Wildman–Crippen LogP) is -5.11. The van der Waals surface area contributed by atoms with E-state index in [-0.39, 0.29) is 0 Å². The lowest BCUT2D eigenvalue weighted by atomic mass is 9.90. The summed E-state index contributed by atoms with van der Waals surface area (Å²) in [6.07, 6.45) is -11.4. The van der Waals surface area contributed by atoms with Gasteiger partial charge in [-0.05, 0) is 0 Å². The van der Waals surface area contributed by atoms with Gasteiger partial charge in [-0.25, -0.2) is 16.1 Å². The van der Waals surface area contributed by atoms with Gasteiger partial charge in [0, 0.05) is 20.0 Å². The second kappa shape index (κ2) is 11.8. The summed E-state index contributed by atoms with van der Waals surface area (Å²) in [5.41, 5.74) is 5.71. The van der Waals surface area contributed by atoms with Crippen LogP contribution in [0.5, 0.6) is 0 Å². The lowest BCUT2D eigenvalue weighted by Gasteiger charge is -2.47. The SMILES string of the molecule is CO[C@@H]1OC(CO)[C@@H](O)[C@H](O[C@@H]2OC(C(=O)NNC(=O)NN)[C@@H](C)[C@H](O)C2O)C1NC(C)=O. The van der Waals surface area contributed by atoms with E-state index < -0.39 is 85.6 Å². The number of nitrogens with two attached hydrogens (primary N) is 1. The summed E-state index contributed by atoms with van der Waals surface area (Å²) < 4.78 is 21.9. The van der Waals surface area contributed by atoms with Gasteiger partial charge in [0.1, 0.15) is 36.6 Å². The molecule has 10 N–H and O–H groups in total. The van der Waals surface area contributed by atoms with Crippen LogP contribution in [0.2, 0.25) is 0 Å². The molecule has 2 rings (SSSR count). The largest absolute Gasteiger partial charge is 0.394 e. The monoisotopic (exact) mass is 481 g/mol. The van der Waals surface area contributed by atoms with Gasteiger partial charge in [-0.3, -0.25) is 20.4 Å². The molecule has 2 aliphatic heterocycles. The van der Waals surface area contributed by atoms with E-state index >= 15 is 0 Å². The molecule has 16 nitrogen and oxygen atoms in total. The Bertz CT molecular complexity index is 700. The summed E-state index contributed by atoms with van der Waals surface area (Å²) in [6, 6.07) is -2.04. The first-order valence-electron chi connectivity index (χ1n) is 10.0. The van der Waals surface area contributed by atoms with Crippen LogP contribution < -0.4 is 27.4 Å². The van der Waals surface area contributed by atoms with Gasteiger partial charge in [0.25, 0.3) is 5.91 Å². The van der Waals surface area contributed by atoms with Crippen molar-refractivity contribution >= 4 is 17.8 Å². The maximum atomic E-state index is 12.4. The number of hydrogen-bond donors (Lipinski definition) is 9. The van der Waals surface area contributed by atoms with Crippen LogP contribution in [0.4, 0.5) is 4.79 Å². The molecule has 2 aliphatic rings. The summed E-state index contributed by atoms with van der Waals surface area (Å²) in [6.45, 7) is 2.00. The molecule has 2 heterocycles. The van der Waals surface area contributed by atoms with Gasteiger partial charge in [0.2, 0.25) is 5.91 Å². The molecule has 4 unspecified atom stereocenters. The van der Waals surface area contributed by atoms with E-state index in [0.717, 1.165) is 0 Å². The third kappa shape index (κ3) is 6.25. The van der Waals surface area contributed by atoms with Crippen molar-refractivity contribution in [1.82, 2.24) is 21.6 Å². The van der Waals surface area contributed by atoms with E-state index in [4.69, 9.17) is 24.8 Å². The van der Waals surface area contributed by atoms with Crippen molar-refractivity contribution in [1.29, 1.82) is 0 Å². The standard InChI is InChI=1S/C17H31N5O11/c1-5-9(25)11(27)16(32-12(5)14(28)21-22-17(29)20-18)33-13-8(19-6(2)24)15(30-3)31-7(4-23)10(13)26/h5,7-13,15-16,23,25-27H,4,18H2,1-3H3,(H,19,24)(H,21,28)(H2,20,22,29)/t5-,7?,8?,9-,10+,11?,12?,13+,15+,16-/m0/s1. The van der Waals surface area contributed by atoms with Gasteiger partial charge < -0.3 is 44.7 Å². The predicted molar refractivity (Wildman–Crippen MR) is 105 cm³/mol. The number of nitrogens with one attached hydrogen (secondary N) is 4. The van der Waals surface area contributed by atoms with E-state index in [1.165, 1.54) is 21.0 Å². The highest BCUT2D eigenvalue weighted by Crippen LogP contribution is 2.31. The highest BCUT2D eigenvalue weighted by atomic mass is 16.7. The fraction of sp³-hybridized carbons (Fsp3) is 0.824. The molecule has 0 aromatic rings. The third-order valence-corrected chi connectivity index (χ3v) is 5.36. The number of aliphatic hydroxyl groups is 4. The molecule has 0 bridgehead atoms. The van der Waals surface area contributed by atoms with Crippen LogP contribution in [0.25, 0.3) is 0 Å². The molecule has 190 valence electrons. The average Bonchev–Trinajstić information content (AvgIpc) is 2.79. The fourth-order valence-electron chi connectivity index (χ4n) is 3.61. The molecule has 2 fully saturated rings. The van der Waals surface area contributed by atoms with E-state index in [2.05, 4.69) is 5.32 Å². The van der Waals surface area contributed by atoms with Crippen molar-refractivity contribution in [3.05, 3.63) is 0 Å². The smallest absolute Gasteiger partial charge is 0.347 e. The Labute approximate surface area is 188 Å². The van der Waals surface area contributed by atoms with Gasteiger partial charge in [0.05, 0.1) is 12.7 Å². The van der Waals surface area contributed by atoms with Crippen LogP contribution in [-0.2, 0) is 28.5 Å². The lowest BCUT2D eigenvalue weighted by molar-refractivity contribution is -0.332. The van der Waals surface area contributed by atoms with Crippen LogP contribution in [0.3, 0.4) is 0 Å². The number of ether oxygens (including phenoxy) is 4. The minimum absolute atomic E-state index is 0.519. The molecule has 0 radical (unpaired) electrons. The molecular formula is C17H31N5O11. The van der Waals surface area contributed by atoms with Gasteiger partial charge in [-0.15, -0.1) is 0 Å². The molecular weight excluding hydrogens is 450 g/mol. The highest BCUT2D eigenvalue weighted by molar-refractivity contribution is 5.84. The molecule has 0 aliphatic carbocycles. The van der Waals surface area contributed by atoms with Crippen LogP contribution in [0.1, 0.15) is 13.8 Å². The Hall–Kier alpha value is -2.15. The van der Waals surface area contributed by atoms with Gasteiger partial charge >= 0.3 is 6.03 Å². The number of aliphatic hydroxyl groups excluding tert-OH is 4. The van der Waals surface area contributed by atoms with E-state index in [1.807, 2.05) is 10.9 Å². The maximum Gasteiger partial charge on any atom is 0.347 e. The summed E-state index contributed by atoms with van der Waals surface area (Å²) in [4.78, 5) is 35.3. The number of carbonyl (C=O) groups is 3. The van der Waals surface area contributed by atoms with Crippen molar-refractivity contribution < 1.29 is 53.8 Å².